The Morgan fingerprint density at radius 1 is 1.25 bits per heavy atom. The van der Waals surface area contributed by atoms with Crippen molar-refractivity contribution in [2.75, 3.05) is 11.9 Å². The number of imidazole rings is 1. The second kappa shape index (κ2) is 5.88. The van der Waals surface area contributed by atoms with Gasteiger partial charge in [0.05, 0.1) is 23.1 Å². The highest BCUT2D eigenvalue weighted by Gasteiger charge is 2.22. The van der Waals surface area contributed by atoms with Crippen molar-refractivity contribution in [2.24, 2.45) is 0 Å². The SMILES string of the molecule is Cc1cc(C)n2ncc(-c3nccn3-c3cc(F)c4c(c3)NC(=O)CO4)c2n1. The fraction of sp³-hybridized carbons (Fsp3) is 0.158. The van der Waals surface area contributed by atoms with Gasteiger partial charge in [-0.15, -0.1) is 0 Å². The molecule has 4 heterocycles. The summed E-state index contributed by atoms with van der Waals surface area (Å²) in [6.07, 6.45) is 5.02. The van der Waals surface area contributed by atoms with E-state index in [9.17, 15) is 9.18 Å². The number of hydrogen-bond donors (Lipinski definition) is 1. The normalized spacial score (nSPS) is 13.3. The molecule has 0 bridgehead atoms. The van der Waals surface area contributed by atoms with Gasteiger partial charge in [0.1, 0.15) is 5.82 Å². The third-order valence-electron chi connectivity index (χ3n) is 4.59. The third-order valence-corrected chi connectivity index (χ3v) is 4.59. The monoisotopic (exact) mass is 378 g/mol. The van der Waals surface area contributed by atoms with Crippen molar-refractivity contribution in [3.63, 3.8) is 0 Å². The lowest BCUT2D eigenvalue weighted by Gasteiger charge is -2.20. The second-order valence-corrected chi connectivity index (χ2v) is 6.59. The molecule has 1 aliphatic rings. The molecule has 0 unspecified atom stereocenters. The Balaban J connectivity index is 1.68. The first kappa shape index (κ1) is 16.4. The standard InChI is InChI=1S/C19H15FN6O2/c1-10-5-11(2)26-19(23-10)13(8-22-26)18-21-3-4-25(18)12-6-14(20)17-15(7-12)24-16(27)9-28-17/h3-8H,9H2,1-2H3,(H,24,27). The maximum atomic E-state index is 14.5. The zero-order valence-corrected chi connectivity index (χ0v) is 15.1. The minimum atomic E-state index is -0.558. The van der Waals surface area contributed by atoms with E-state index in [1.165, 1.54) is 6.07 Å². The first-order valence-electron chi connectivity index (χ1n) is 8.63. The number of aryl methyl sites for hydroxylation is 2. The predicted molar refractivity (Wildman–Crippen MR) is 99.1 cm³/mol. The van der Waals surface area contributed by atoms with E-state index in [4.69, 9.17) is 4.74 Å². The summed E-state index contributed by atoms with van der Waals surface area (Å²) in [5.41, 5.74) is 3.99. The van der Waals surface area contributed by atoms with E-state index in [0.717, 1.165) is 17.0 Å². The van der Waals surface area contributed by atoms with Crippen molar-refractivity contribution in [2.45, 2.75) is 13.8 Å². The minimum Gasteiger partial charge on any atom is -0.478 e. The number of anilines is 1. The topological polar surface area (TPSA) is 86.3 Å². The molecule has 1 aliphatic heterocycles. The highest BCUT2D eigenvalue weighted by Crippen LogP contribution is 2.35. The number of halogens is 1. The smallest absolute Gasteiger partial charge is 0.262 e. The van der Waals surface area contributed by atoms with Gasteiger partial charge in [-0.3, -0.25) is 9.36 Å². The maximum absolute atomic E-state index is 14.5. The summed E-state index contributed by atoms with van der Waals surface area (Å²) in [4.78, 5) is 20.6. The second-order valence-electron chi connectivity index (χ2n) is 6.59. The molecule has 1 aromatic carbocycles. The molecule has 0 fully saturated rings. The molecule has 0 atom stereocenters. The van der Waals surface area contributed by atoms with Crippen LogP contribution in [-0.2, 0) is 4.79 Å². The van der Waals surface area contributed by atoms with Gasteiger partial charge in [-0.1, -0.05) is 0 Å². The molecular weight excluding hydrogens is 363 g/mol. The largest absolute Gasteiger partial charge is 0.478 e. The molecule has 5 rings (SSSR count). The Morgan fingerprint density at radius 3 is 2.96 bits per heavy atom. The lowest BCUT2D eigenvalue weighted by atomic mass is 10.2. The molecule has 28 heavy (non-hydrogen) atoms. The number of rotatable bonds is 2. The van der Waals surface area contributed by atoms with E-state index in [1.54, 1.807) is 33.7 Å². The average molecular weight is 378 g/mol. The molecule has 1 amide bonds. The van der Waals surface area contributed by atoms with Crippen molar-refractivity contribution in [1.29, 1.82) is 0 Å². The number of ether oxygens (including phenoxy) is 1. The number of amides is 1. The van der Waals surface area contributed by atoms with Gasteiger partial charge in [-0.2, -0.15) is 5.10 Å². The lowest BCUT2D eigenvalue weighted by Crippen LogP contribution is -2.26. The van der Waals surface area contributed by atoms with Crippen LogP contribution in [-0.4, -0.2) is 36.7 Å². The fourth-order valence-corrected chi connectivity index (χ4v) is 3.42. The number of nitrogens with zero attached hydrogens (tertiary/aromatic N) is 5. The van der Waals surface area contributed by atoms with Crippen LogP contribution in [0.15, 0.2) is 36.8 Å². The van der Waals surface area contributed by atoms with Crippen LogP contribution < -0.4 is 10.1 Å². The number of carbonyl (C=O) groups is 1. The van der Waals surface area contributed by atoms with Crippen molar-refractivity contribution in [3.05, 3.63) is 54.0 Å². The van der Waals surface area contributed by atoms with Crippen molar-refractivity contribution in [1.82, 2.24) is 24.1 Å². The number of aromatic nitrogens is 5. The molecule has 3 aromatic heterocycles. The zero-order chi connectivity index (χ0) is 19.4. The molecule has 1 N–H and O–H groups in total. The predicted octanol–water partition coefficient (Wildman–Crippen LogP) is 2.67. The average Bonchev–Trinajstić information content (AvgIpc) is 3.27. The maximum Gasteiger partial charge on any atom is 0.262 e. The van der Waals surface area contributed by atoms with Gasteiger partial charge >= 0.3 is 0 Å². The van der Waals surface area contributed by atoms with Gasteiger partial charge in [0.2, 0.25) is 0 Å². The molecule has 0 saturated heterocycles. The molecule has 0 saturated carbocycles. The summed E-state index contributed by atoms with van der Waals surface area (Å²) < 4.78 is 23.2. The summed E-state index contributed by atoms with van der Waals surface area (Å²) in [7, 11) is 0. The fourth-order valence-electron chi connectivity index (χ4n) is 3.42. The molecule has 140 valence electrons. The van der Waals surface area contributed by atoms with Gasteiger partial charge < -0.3 is 10.1 Å². The number of benzene rings is 1. The van der Waals surface area contributed by atoms with Gasteiger partial charge in [0, 0.05) is 29.8 Å². The Morgan fingerprint density at radius 2 is 2.11 bits per heavy atom. The van der Waals surface area contributed by atoms with Crippen LogP contribution in [0.4, 0.5) is 10.1 Å². The zero-order valence-electron chi connectivity index (χ0n) is 15.1. The summed E-state index contributed by atoms with van der Waals surface area (Å²) >= 11 is 0. The molecule has 0 radical (unpaired) electrons. The first-order chi connectivity index (χ1) is 13.5. The van der Waals surface area contributed by atoms with Crippen LogP contribution in [0, 0.1) is 19.7 Å². The number of carbonyl (C=O) groups excluding carboxylic acids is 1. The van der Waals surface area contributed by atoms with Crippen LogP contribution in [0.5, 0.6) is 5.75 Å². The van der Waals surface area contributed by atoms with Crippen molar-refractivity contribution < 1.29 is 13.9 Å². The minimum absolute atomic E-state index is 0.0360. The first-order valence-corrected chi connectivity index (χ1v) is 8.63. The summed E-state index contributed by atoms with van der Waals surface area (Å²) in [6, 6.07) is 4.94. The quantitative estimate of drug-likeness (QED) is 0.580. The molecule has 8 nitrogen and oxygen atoms in total. The molecule has 4 aromatic rings. The van der Waals surface area contributed by atoms with E-state index in [1.807, 2.05) is 19.9 Å². The summed E-state index contributed by atoms with van der Waals surface area (Å²) in [5, 5.41) is 7.03. The van der Waals surface area contributed by atoms with Gasteiger partial charge in [-0.05, 0) is 26.0 Å². The van der Waals surface area contributed by atoms with E-state index in [-0.39, 0.29) is 24.0 Å². The van der Waals surface area contributed by atoms with E-state index in [0.29, 0.717) is 17.2 Å². The van der Waals surface area contributed by atoms with E-state index < -0.39 is 5.82 Å². The number of nitrogens with one attached hydrogen (secondary N) is 1. The van der Waals surface area contributed by atoms with Gasteiger partial charge in [0.15, 0.2) is 23.8 Å². The Bertz CT molecular complexity index is 1260. The van der Waals surface area contributed by atoms with E-state index >= 15 is 0 Å². The van der Waals surface area contributed by atoms with Crippen molar-refractivity contribution in [3.8, 4) is 22.8 Å². The third kappa shape index (κ3) is 2.43. The number of hydrogen-bond acceptors (Lipinski definition) is 5. The molecule has 9 heteroatoms. The van der Waals surface area contributed by atoms with Gasteiger partial charge in [0.25, 0.3) is 5.91 Å². The van der Waals surface area contributed by atoms with Gasteiger partial charge in [-0.25, -0.2) is 18.9 Å². The van der Waals surface area contributed by atoms with Crippen molar-refractivity contribution >= 4 is 17.2 Å². The highest BCUT2D eigenvalue weighted by molar-refractivity contribution is 5.95. The van der Waals surface area contributed by atoms with Crippen LogP contribution in [0.2, 0.25) is 0 Å². The Hall–Kier alpha value is -3.75. The van der Waals surface area contributed by atoms with Crippen LogP contribution in [0.25, 0.3) is 22.7 Å². The lowest BCUT2D eigenvalue weighted by molar-refractivity contribution is -0.118. The Kier molecular flexibility index (Phi) is 3.45. The van der Waals surface area contributed by atoms with Crippen LogP contribution in [0.3, 0.4) is 0 Å². The molecular formula is C19H15FN6O2. The van der Waals surface area contributed by atoms with Crippen LogP contribution in [0.1, 0.15) is 11.4 Å². The van der Waals surface area contributed by atoms with E-state index in [2.05, 4.69) is 20.4 Å². The Labute approximate surface area is 158 Å². The summed E-state index contributed by atoms with van der Waals surface area (Å²) in [6.45, 7) is 3.66. The summed E-state index contributed by atoms with van der Waals surface area (Å²) in [5.74, 6) is -0.284. The molecule has 0 spiro atoms. The highest BCUT2D eigenvalue weighted by atomic mass is 19.1. The van der Waals surface area contributed by atoms with Crippen LogP contribution >= 0.6 is 0 Å². The number of fused-ring (bicyclic) bond motifs is 2. The molecule has 0 aliphatic carbocycles.